The van der Waals surface area contributed by atoms with Crippen LogP contribution in [-0.4, -0.2) is 56.4 Å². The van der Waals surface area contributed by atoms with E-state index in [1.165, 1.54) is 31.2 Å². The first-order valence-electron chi connectivity index (χ1n) is 11.4. The quantitative estimate of drug-likeness (QED) is 0.342. The summed E-state index contributed by atoms with van der Waals surface area (Å²) in [6, 6.07) is 6.29. The molecule has 1 fully saturated rings. The molecule has 0 amide bonds. The van der Waals surface area contributed by atoms with Gasteiger partial charge in [-0.25, -0.2) is 4.39 Å². The van der Waals surface area contributed by atoms with E-state index in [1.54, 1.807) is 0 Å². The van der Waals surface area contributed by atoms with E-state index in [1.807, 2.05) is 23.9 Å². The molecule has 3 atom stereocenters. The number of halogens is 7. The monoisotopic (exact) mass is 532 g/mol. The molecule has 0 bridgehead atoms. The standard InChI is InChI=1S/C26H27F7N2O2/c1-17(19-14-20(25(28,29)30)16-21(15-19)26(31,32)33)37-24-23(18-6-8-22(27)9-7-18)35(12-13-36-24)11-5-4-10-34(2)3/h6-9,14-17,23-24H,10-13H2,1-3H3/t17-,23+,24-/m1/s1. The zero-order valence-electron chi connectivity index (χ0n) is 20.5. The van der Waals surface area contributed by atoms with Gasteiger partial charge in [0.1, 0.15) is 5.82 Å². The highest BCUT2D eigenvalue weighted by Gasteiger charge is 2.39. The molecule has 11 heteroatoms. The summed E-state index contributed by atoms with van der Waals surface area (Å²) in [5.41, 5.74) is -2.55. The maximum atomic E-state index is 13.6. The van der Waals surface area contributed by atoms with Crippen LogP contribution in [0.2, 0.25) is 0 Å². The minimum absolute atomic E-state index is 0.0722. The van der Waals surface area contributed by atoms with E-state index in [9.17, 15) is 30.7 Å². The molecular formula is C26H27F7N2O2. The molecule has 202 valence electrons. The Hall–Kier alpha value is -2.65. The molecule has 1 aliphatic heterocycles. The Morgan fingerprint density at radius 3 is 2.14 bits per heavy atom. The fourth-order valence-corrected chi connectivity index (χ4v) is 3.87. The first kappa shape index (κ1) is 28.9. The van der Waals surface area contributed by atoms with Gasteiger partial charge in [-0.2, -0.15) is 26.3 Å². The summed E-state index contributed by atoms with van der Waals surface area (Å²) in [5, 5.41) is 0. The van der Waals surface area contributed by atoms with Crippen molar-refractivity contribution in [2.75, 3.05) is 40.3 Å². The maximum Gasteiger partial charge on any atom is 0.416 e. The Morgan fingerprint density at radius 1 is 1.00 bits per heavy atom. The van der Waals surface area contributed by atoms with E-state index >= 15 is 0 Å². The highest BCUT2D eigenvalue weighted by atomic mass is 19.4. The first-order chi connectivity index (χ1) is 17.3. The molecule has 0 unspecified atom stereocenters. The second-order valence-electron chi connectivity index (χ2n) is 8.91. The lowest BCUT2D eigenvalue weighted by Crippen LogP contribution is -2.46. The van der Waals surface area contributed by atoms with Crippen molar-refractivity contribution < 1.29 is 40.2 Å². The Bertz CT molecular complexity index is 1070. The van der Waals surface area contributed by atoms with Crippen molar-refractivity contribution in [2.24, 2.45) is 0 Å². The molecule has 1 saturated heterocycles. The number of hydrogen-bond acceptors (Lipinski definition) is 4. The molecule has 1 aliphatic rings. The van der Waals surface area contributed by atoms with Gasteiger partial charge in [0.2, 0.25) is 0 Å². The summed E-state index contributed by atoms with van der Waals surface area (Å²) in [5.74, 6) is 5.60. The van der Waals surface area contributed by atoms with Gasteiger partial charge in [-0.15, -0.1) is 0 Å². The van der Waals surface area contributed by atoms with Gasteiger partial charge in [0.15, 0.2) is 6.29 Å². The number of alkyl halides is 6. The summed E-state index contributed by atoms with van der Waals surface area (Å²) < 4.78 is 105. The third-order valence-corrected chi connectivity index (χ3v) is 5.74. The molecule has 0 aromatic heterocycles. The van der Waals surface area contributed by atoms with E-state index in [0.29, 0.717) is 37.3 Å². The van der Waals surface area contributed by atoms with Gasteiger partial charge in [-0.3, -0.25) is 9.80 Å². The first-order valence-corrected chi connectivity index (χ1v) is 11.4. The van der Waals surface area contributed by atoms with Crippen LogP contribution in [0.15, 0.2) is 42.5 Å². The third-order valence-electron chi connectivity index (χ3n) is 5.74. The summed E-state index contributed by atoms with van der Waals surface area (Å²) >= 11 is 0. The Labute approximate surface area is 210 Å². The number of benzene rings is 2. The van der Waals surface area contributed by atoms with Crippen LogP contribution in [0.25, 0.3) is 0 Å². The van der Waals surface area contributed by atoms with Crippen LogP contribution < -0.4 is 0 Å². The van der Waals surface area contributed by atoms with Crippen molar-refractivity contribution in [1.82, 2.24) is 9.80 Å². The van der Waals surface area contributed by atoms with Crippen LogP contribution in [0.1, 0.15) is 41.3 Å². The van der Waals surface area contributed by atoms with Crippen LogP contribution in [0, 0.1) is 17.7 Å². The zero-order valence-corrected chi connectivity index (χ0v) is 20.5. The molecule has 0 N–H and O–H groups in total. The van der Waals surface area contributed by atoms with E-state index in [-0.39, 0.29) is 18.2 Å². The average Bonchev–Trinajstić information content (AvgIpc) is 2.81. The molecule has 2 aromatic rings. The highest BCUT2D eigenvalue weighted by Crippen LogP contribution is 2.39. The minimum atomic E-state index is -4.98. The molecule has 1 heterocycles. The third kappa shape index (κ3) is 7.92. The molecule has 3 rings (SSSR count). The summed E-state index contributed by atoms with van der Waals surface area (Å²) in [4.78, 5) is 3.81. The van der Waals surface area contributed by atoms with E-state index in [4.69, 9.17) is 9.47 Å². The van der Waals surface area contributed by atoms with Crippen LogP contribution in [0.5, 0.6) is 0 Å². The number of rotatable bonds is 6. The van der Waals surface area contributed by atoms with Gasteiger partial charge in [-0.1, -0.05) is 24.0 Å². The average molecular weight is 533 g/mol. The van der Waals surface area contributed by atoms with Crippen molar-refractivity contribution >= 4 is 0 Å². The highest BCUT2D eigenvalue weighted by molar-refractivity contribution is 5.34. The van der Waals surface area contributed by atoms with Gasteiger partial charge >= 0.3 is 12.4 Å². The number of nitrogens with zero attached hydrogens (tertiary/aromatic N) is 2. The number of hydrogen-bond donors (Lipinski definition) is 0. The molecular weight excluding hydrogens is 505 g/mol. The number of morpholine rings is 1. The Morgan fingerprint density at radius 2 is 1.59 bits per heavy atom. The van der Waals surface area contributed by atoms with Crippen molar-refractivity contribution in [3.05, 3.63) is 70.5 Å². The Balaban J connectivity index is 1.92. The second-order valence-corrected chi connectivity index (χ2v) is 8.91. The second kappa shape index (κ2) is 11.8. The molecule has 0 radical (unpaired) electrons. The van der Waals surface area contributed by atoms with Crippen LogP contribution in [-0.2, 0) is 21.8 Å². The predicted octanol–water partition coefficient (Wildman–Crippen LogP) is 5.91. The molecule has 0 saturated carbocycles. The zero-order chi connectivity index (χ0) is 27.4. The van der Waals surface area contributed by atoms with Crippen molar-refractivity contribution in [2.45, 2.75) is 37.7 Å². The summed E-state index contributed by atoms with van der Waals surface area (Å²) in [7, 11) is 3.74. The van der Waals surface area contributed by atoms with Crippen molar-refractivity contribution in [3.8, 4) is 11.8 Å². The van der Waals surface area contributed by atoms with Crippen LogP contribution in [0.3, 0.4) is 0 Å². The normalized spacial score (nSPS) is 20.0. The lowest BCUT2D eigenvalue weighted by atomic mass is 10.0. The van der Waals surface area contributed by atoms with Crippen LogP contribution >= 0.6 is 0 Å². The van der Waals surface area contributed by atoms with Crippen molar-refractivity contribution in [3.63, 3.8) is 0 Å². The molecule has 4 nitrogen and oxygen atoms in total. The largest absolute Gasteiger partial charge is 0.416 e. The lowest BCUT2D eigenvalue weighted by molar-refractivity contribution is -0.228. The van der Waals surface area contributed by atoms with Gasteiger partial charge in [-0.05, 0) is 62.5 Å². The SMILES string of the molecule is C[C@@H](O[C@H]1OCCN(CC#CCN(C)C)[C@H]1c1ccc(F)cc1)c1cc(C(F)(F)F)cc(C(F)(F)F)c1. The molecule has 2 aromatic carbocycles. The predicted molar refractivity (Wildman–Crippen MR) is 123 cm³/mol. The topological polar surface area (TPSA) is 24.9 Å². The summed E-state index contributed by atoms with van der Waals surface area (Å²) in [6.45, 7) is 2.82. The number of ether oxygens (including phenoxy) is 2. The van der Waals surface area contributed by atoms with Gasteiger partial charge in [0, 0.05) is 6.54 Å². The van der Waals surface area contributed by atoms with Gasteiger partial charge in [0.25, 0.3) is 0 Å². The lowest BCUT2D eigenvalue weighted by Gasteiger charge is -2.41. The van der Waals surface area contributed by atoms with E-state index in [0.717, 1.165) is 0 Å². The maximum absolute atomic E-state index is 13.6. The molecule has 0 aliphatic carbocycles. The fraction of sp³-hybridized carbons (Fsp3) is 0.462. The molecule has 37 heavy (non-hydrogen) atoms. The van der Waals surface area contributed by atoms with Crippen LogP contribution in [0.4, 0.5) is 30.7 Å². The van der Waals surface area contributed by atoms with Crippen molar-refractivity contribution in [1.29, 1.82) is 0 Å². The summed E-state index contributed by atoms with van der Waals surface area (Å²) in [6.07, 6.45) is -12.2. The van der Waals surface area contributed by atoms with Gasteiger partial charge in [0.05, 0.1) is 43.0 Å². The molecule has 0 spiro atoms. The fourth-order valence-electron chi connectivity index (χ4n) is 3.87. The van der Waals surface area contributed by atoms with E-state index < -0.39 is 47.7 Å². The van der Waals surface area contributed by atoms with E-state index in [2.05, 4.69) is 11.8 Å². The Kier molecular flexibility index (Phi) is 9.23. The van der Waals surface area contributed by atoms with Gasteiger partial charge < -0.3 is 9.47 Å². The smallest absolute Gasteiger partial charge is 0.349 e. The minimum Gasteiger partial charge on any atom is -0.349 e.